The Morgan fingerprint density at radius 3 is 3.18 bits per heavy atom. The summed E-state index contributed by atoms with van der Waals surface area (Å²) in [4.78, 5) is 15.1. The Kier molecular flexibility index (Phi) is 3.08. The predicted octanol–water partition coefficient (Wildman–Crippen LogP) is 1.03. The van der Waals surface area contributed by atoms with E-state index in [1.54, 1.807) is 6.21 Å². The summed E-state index contributed by atoms with van der Waals surface area (Å²) in [5.74, 6) is -0.209. The number of carbonyl (C=O) groups excluding carboxylic acids is 1. The normalized spacial score (nSPS) is 23.2. The maximum atomic E-state index is 11.1. The molecule has 0 aromatic rings. The van der Waals surface area contributed by atoms with E-state index in [1.165, 1.54) is 0 Å². The lowest BCUT2D eigenvalue weighted by Crippen LogP contribution is -2.21. The fourth-order valence-electron chi connectivity index (χ4n) is 1.11. The number of aliphatic imine (C=N–C) groups is 1. The minimum absolute atomic E-state index is 0.0799. The van der Waals surface area contributed by atoms with Crippen molar-refractivity contribution < 1.29 is 9.53 Å². The smallest absolute Gasteiger partial charge is 0.314 e. The van der Waals surface area contributed by atoms with Crippen molar-refractivity contribution in [3.05, 3.63) is 0 Å². The number of hydrogen-bond donors (Lipinski definition) is 0. The van der Waals surface area contributed by atoms with Crippen LogP contribution in [0.15, 0.2) is 4.99 Å². The molecule has 1 aliphatic rings. The van der Waals surface area contributed by atoms with Gasteiger partial charge in [-0.2, -0.15) is 0 Å². The van der Waals surface area contributed by atoms with Gasteiger partial charge in [0, 0.05) is 12.8 Å². The summed E-state index contributed by atoms with van der Waals surface area (Å²) in [6.07, 6.45) is 3.60. The Morgan fingerprint density at radius 1 is 1.82 bits per heavy atom. The van der Waals surface area contributed by atoms with Crippen molar-refractivity contribution in [1.29, 1.82) is 0 Å². The summed E-state index contributed by atoms with van der Waals surface area (Å²) in [5.41, 5.74) is 0. The topological polar surface area (TPSA) is 38.7 Å². The van der Waals surface area contributed by atoms with Crippen molar-refractivity contribution in [1.82, 2.24) is 0 Å². The molecule has 1 atom stereocenters. The minimum Gasteiger partial charge on any atom is -0.465 e. The van der Waals surface area contributed by atoms with Gasteiger partial charge in [0.2, 0.25) is 0 Å². The van der Waals surface area contributed by atoms with Gasteiger partial charge in [-0.1, -0.05) is 0 Å². The molecule has 3 heteroatoms. The zero-order valence-electron chi connectivity index (χ0n) is 6.75. The molecule has 0 spiro atoms. The van der Waals surface area contributed by atoms with Crippen LogP contribution in [0.2, 0.25) is 0 Å². The highest BCUT2D eigenvalue weighted by molar-refractivity contribution is 5.90. The molecule has 0 saturated heterocycles. The third-order valence-corrected chi connectivity index (χ3v) is 1.68. The molecule has 0 fully saturated rings. The van der Waals surface area contributed by atoms with Gasteiger partial charge in [-0.15, -0.1) is 0 Å². The van der Waals surface area contributed by atoms with Crippen LogP contribution in [0.5, 0.6) is 0 Å². The van der Waals surface area contributed by atoms with Crippen LogP contribution in [-0.4, -0.2) is 25.3 Å². The van der Waals surface area contributed by atoms with Crippen LogP contribution in [-0.2, 0) is 9.53 Å². The van der Waals surface area contributed by atoms with Crippen molar-refractivity contribution in [3.63, 3.8) is 0 Å². The molecule has 1 rings (SSSR count). The Morgan fingerprint density at radius 2 is 2.64 bits per heavy atom. The van der Waals surface area contributed by atoms with Gasteiger partial charge in [-0.3, -0.25) is 9.79 Å². The molecule has 1 aliphatic heterocycles. The highest BCUT2D eigenvalue weighted by Crippen LogP contribution is 2.10. The van der Waals surface area contributed by atoms with E-state index in [0.717, 1.165) is 19.4 Å². The van der Waals surface area contributed by atoms with Gasteiger partial charge >= 0.3 is 5.97 Å². The lowest BCUT2D eigenvalue weighted by Gasteiger charge is -2.13. The SMILES string of the molecule is CCOC(=O)C1C=NCCC1. The van der Waals surface area contributed by atoms with E-state index in [4.69, 9.17) is 4.74 Å². The first-order chi connectivity index (χ1) is 5.34. The Hall–Kier alpha value is -0.860. The van der Waals surface area contributed by atoms with Gasteiger partial charge in [0.15, 0.2) is 0 Å². The average Bonchev–Trinajstić information content (AvgIpc) is 2.07. The van der Waals surface area contributed by atoms with Gasteiger partial charge in [0.25, 0.3) is 0 Å². The largest absolute Gasteiger partial charge is 0.465 e. The predicted molar refractivity (Wildman–Crippen MR) is 42.7 cm³/mol. The molecule has 0 radical (unpaired) electrons. The molecule has 1 heterocycles. The van der Waals surface area contributed by atoms with Gasteiger partial charge in [0.05, 0.1) is 12.5 Å². The average molecular weight is 155 g/mol. The summed E-state index contributed by atoms with van der Waals surface area (Å²) in [5, 5.41) is 0. The lowest BCUT2D eigenvalue weighted by molar-refractivity contribution is -0.145. The van der Waals surface area contributed by atoms with Crippen LogP contribution in [0.3, 0.4) is 0 Å². The second kappa shape index (κ2) is 4.11. The highest BCUT2D eigenvalue weighted by Gasteiger charge is 2.18. The summed E-state index contributed by atoms with van der Waals surface area (Å²) in [7, 11) is 0. The van der Waals surface area contributed by atoms with E-state index < -0.39 is 0 Å². The Labute approximate surface area is 66.5 Å². The van der Waals surface area contributed by atoms with E-state index in [0.29, 0.717) is 6.61 Å². The number of nitrogens with zero attached hydrogens (tertiary/aromatic N) is 1. The van der Waals surface area contributed by atoms with Crippen molar-refractivity contribution in [2.45, 2.75) is 19.8 Å². The molecule has 0 bridgehead atoms. The lowest BCUT2D eigenvalue weighted by atomic mass is 10.0. The molecule has 0 aromatic heterocycles. The summed E-state index contributed by atoms with van der Waals surface area (Å²) >= 11 is 0. The highest BCUT2D eigenvalue weighted by atomic mass is 16.5. The number of hydrogen-bond acceptors (Lipinski definition) is 3. The van der Waals surface area contributed by atoms with Crippen LogP contribution in [0.4, 0.5) is 0 Å². The quantitative estimate of drug-likeness (QED) is 0.559. The number of ether oxygens (including phenoxy) is 1. The first-order valence-corrected chi connectivity index (χ1v) is 4.01. The number of carbonyl (C=O) groups is 1. The van der Waals surface area contributed by atoms with Crippen LogP contribution in [0, 0.1) is 5.92 Å². The van der Waals surface area contributed by atoms with E-state index >= 15 is 0 Å². The van der Waals surface area contributed by atoms with Crippen LogP contribution in [0.25, 0.3) is 0 Å². The summed E-state index contributed by atoms with van der Waals surface area (Å²) < 4.78 is 4.85. The van der Waals surface area contributed by atoms with Crippen LogP contribution >= 0.6 is 0 Å². The maximum Gasteiger partial charge on any atom is 0.314 e. The van der Waals surface area contributed by atoms with E-state index in [2.05, 4.69) is 4.99 Å². The van der Waals surface area contributed by atoms with Crippen LogP contribution < -0.4 is 0 Å². The number of rotatable bonds is 2. The van der Waals surface area contributed by atoms with E-state index in [9.17, 15) is 4.79 Å². The molecule has 0 N–H and O–H groups in total. The molecule has 0 aromatic carbocycles. The first-order valence-electron chi connectivity index (χ1n) is 4.01. The van der Waals surface area contributed by atoms with E-state index in [1.807, 2.05) is 6.92 Å². The monoisotopic (exact) mass is 155 g/mol. The molecular formula is C8H13NO2. The molecule has 0 aliphatic carbocycles. The molecular weight excluding hydrogens is 142 g/mol. The molecule has 62 valence electrons. The molecule has 0 amide bonds. The fraction of sp³-hybridized carbons (Fsp3) is 0.750. The van der Waals surface area contributed by atoms with Crippen LogP contribution in [0.1, 0.15) is 19.8 Å². The third-order valence-electron chi connectivity index (χ3n) is 1.68. The minimum atomic E-state index is -0.129. The zero-order chi connectivity index (χ0) is 8.10. The standard InChI is InChI=1S/C8H13NO2/c1-2-11-8(10)7-4-3-5-9-6-7/h6-7H,2-5H2,1H3. The maximum absolute atomic E-state index is 11.1. The summed E-state index contributed by atoms with van der Waals surface area (Å²) in [6.45, 7) is 3.14. The Balaban J connectivity index is 2.39. The fourth-order valence-corrected chi connectivity index (χ4v) is 1.11. The number of esters is 1. The zero-order valence-corrected chi connectivity index (χ0v) is 6.75. The Bertz CT molecular complexity index is 165. The molecule has 0 saturated carbocycles. The molecule has 3 nitrogen and oxygen atoms in total. The molecule has 11 heavy (non-hydrogen) atoms. The van der Waals surface area contributed by atoms with E-state index in [-0.39, 0.29) is 11.9 Å². The van der Waals surface area contributed by atoms with Gasteiger partial charge in [-0.05, 0) is 19.8 Å². The summed E-state index contributed by atoms with van der Waals surface area (Å²) in [6, 6.07) is 0. The van der Waals surface area contributed by atoms with Gasteiger partial charge in [-0.25, -0.2) is 0 Å². The van der Waals surface area contributed by atoms with Crippen molar-refractivity contribution >= 4 is 12.2 Å². The third kappa shape index (κ3) is 2.33. The second-order valence-corrected chi connectivity index (χ2v) is 2.56. The van der Waals surface area contributed by atoms with Crippen molar-refractivity contribution in [2.24, 2.45) is 10.9 Å². The van der Waals surface area contributed by atoms with Crippen molar-refractivity contribution in [2.75, 3.05) is 13.2 Å². The van der Waals surface area contributed by atoms with Gasteiger partial charge < -0.3 is 4.74 Å². The van der Waals surface area contributed by atoms with Crippen molar-refractivity contribution in [3.8, 4) is 0 Å². The first kappa shape index (κ1) is 8.24. The van der Waals surface area contributed by atoms with Gasteiger partial charge in [0.1, 0.15) is 0 Å². The molecule has 1 unspecified atom stereocenters. The second-order valence-electron chi connectivity index (χ2n) is 2.56.